The Kier molecular flexibility index (Phi) is 3.90. The molecule has 0 radical (unpaired) electrons. The lowest BCUT2D eigenvalue weighted by Gasteiger charge is -2.22. The van der Waals surface area contributed by atoms with Crippen molar-refractivity contribution in [2.75, 3.05) is 13.7 Å². The molecule has 2 unspecified atom stereocenters. The van der Waals surface area contributed by atoms with Gasteiger partial charge in [0.2, 0.25) is 0 Å². The number of aryl methyl sites for hydroxylation is 1. The van der Waals surface area contributed by atoms with Crippen molar-refractivity contribution >= 4 is 0 Å². The van der Waals surface area contributed by atoms with Crippen LogP contribution in [-0.4, -0.2) is 34.8 Å². The molecule has 2 atom stereocenters. The van der Waals surface area contributed by atoms with Crippen LogP contribution in [-0.2, 0) is 11.3 Å². The lowest BCUT2D eigenvalue weighted by Crippen LogP contribution is -2.31. The summed E-state index contributed by atoms with van der Waals surface area (Å²) in [6, 6.07) is 0.212. The molecule has 0 amide bonds. The van der Waals surface area contributed by atoms with Gasteiger partial charge in [0.15, 0.2) is 0 Å². The summed E-state index contributed by atoms with van der Waals surface area (Å²) in [7, 11) is 1.97. The number of rotatable bonds is 5. The van der Waals surface area contributed by atoms with Gasteiger partial charge in [0.1, 0.15) is 0 Å². The van der Waals surface area contributed by atoms with Gasteiger partial charge in [-0.2, -0.15) is 0 Å². The monoisotopic (exact) mass is 224 g/mol. The van der Waals surface area contributed by atoms with E-state index in [-0.39, 0.29) is 12.1 Å². The molecule has 1 saturated heterocycles. The van der Waals surface area contributed by atoms with Crippen LogP contribution in [0.25, 0.3) is 0 Å². The van der Waals surface area contributed by atoms with Gasteiger partial charge in [-0.25, -0.2) is 4.68 Å². The highest BCUT2D eigenvalue weighted by Crippen LogP contribution is 2.26. The van der Waals surface area contributed by atoms with E-state index in [0.29, 0.717) is 0 Å². The molecule has 2 rings (SSSR count). The standard InChI is InChI=1S/C11H20N4O/c1-3-6-15-9(8-13-14-15)11(12-2)10-5-4-7-16-10/h8,10-12H,3-7H2,1-2H3. The van der Waals surface area contributed by atoms with Crippen molar-refractivity contribution in [2.24, 2.45) is 0 Å². The molecule has 0 bridgehead atoms. The highest BCUT2D eigenvalue weighted by Gasteiger charge is 2.28. The molecule has 1 aromatic rings. The van der Waals surface area contributed by atoms with Gasteiger partial charge in [0, 0.05) is 13.2 Å². The van der Waals surface area contributed by atoms with E-state index in [2.05, 4.69) is 22.6 Å². The van der Waals surface area contributed by atoms with Gasteiger partial charge in [-0.15, -0.1) is 5.10 Å². The fraction of sp³-hybridized carbons (Fsp3) is 0.818. The number of aromatic nitrogens is 3. The van der Waals surface area contributed by atoms with Crippen LogP contribution in [0.2, 0.25) is 0 Å². The lowest BCUT2D eigenvalue weighted by molar-refractivity contribution is 0.0779. The van der Waals surface area contributed by atoms with Gasteiger partial charge in [0.05, 0.1) is 24.0 Å². The summed E-state index contributed by atoms with van der Waals surface area (Å²) in [6.45, 7) is 3.93. The third-order valence-electron chi connectivity index (χ3n) is 3.05. The molecule has 1 fully saturated rings. The molecule has 1 aromatic heterocycles. The van der Waals surface area contributed by atoms with Crippen LogP contribution in [0.5, 0.6) is 0 Å². The van der Waals surface area contributed by atoms with Gasteiger partial charge >= 0.3 is 0 Å². The first-order valence-corrected chi connectivity index (χ1v) is 6.04. The van der Waals surface area contributed by atoms with E-state index in [0.717, 1.165) is 38.1 Å². The topological polar surface area (TPSA) is 52.0 Å². The third-order valence-corrected chi connectivity index (χ3v) is 3.05. The molecule has 90 valence electrons. The molecule has 1 N–H and O–H groups in total. The minimum atomic E-state index is 0.212. The van der Waals surface area contributed by atoms with Gasteiger partial charge < -0.3 is 10.1 Å². The first kappa shape index (κ1) is 11.5. The van der Waals surface area contributed by atoms with Gasteiger partial charge in [0.25, 0.3) is 0 Å². The van der Waals surface area contributed by atoms with Crippen molar-refractivity contribution in [3.63, 3.8) is 0 Å². The molecule has 1 aliphatic rings. The van der Waals surface area contributed by atoms with Crippen molar-refractivity contribution in [2.45, 2.75) is 44.9 Å². The first-order valence-electron chi connectivity index (χ1n) is 6.04. The highest BCUT2D eigenvalue weighted by molar-refractivity contribution is 5.05. The summed E-state index contributed by atoms with van der Waals surface area (Å²) in [4.78, 5) is 0. The maximum absolute atomic E-state index is 5.73. The number of ether oxygens (including phenoxy) is 1. The molecule has 0 spiro atoms. The molecule has 1 aliphatic heterocycles. The van der Waals surface area contributed by atoms with E-state index in [1.54, 1.807) is 0 Å². The van der Waals surface area contributed by atoms with Gasteiger partial charge in [-0.05, 0) is 26.3 Å². The Morgan fingerprint density at radius 2 is 2.56 bits per heavy atom. The smallest absolute Gasteiger partial charge is 0.0786 e. The van der Waals surface area contributed by atoms with Gasteiger partial charge in [-0.3, -0.25) is 0 Å². The number of likely N-dealkylation sites (N-methyl/N-ethyl adjacent to an activating group) is 1. The lowest BCUT2D eigenvalue weighted by atomic mass is 10.1. The number of nitrogens with one attached hydrogen (secondary N) is 1. The zero-order valence-corrected chi connectivity index (χ0v) is 10.0. The minimum Gasteiger partial charge on any atom is -0.376 e. The maximum Gasteiger partial charge on any atom is 0.0786 e. The molecule has 2 heterocycles. The van der Waals surface area contributed by atoms with E-state index < -0.39 is 0 Å². The van der Waals surface area contributed by atoms with Crippen LogP contribution >= 0.6 is 0 Å². The van der Waals surface area contributed by atoms with Crippen molar-refractivity contribution in [3.05, 3.63) is 11.9 Å². The predicted octanol–water partition coefficient (Wildman–Crippen LogP) is 1.13. The van der Waals surface area contributed by atoms with Crippen LogP contribution in [0, 0.1) is 0 Å². The number of hydrogen-bond acceptors (Lipinski definition) is 4. The number of hydrogen-bond donors (Lipinski definition) is 1. The van der Waals surface area contributed by atoms with E-state index in [4.69, 9.17) is 4.74 Å². The molecular formula is C11H20N4O. The Morgan fingerprint density at radius 3 is 3.19 bits per heavy atom. The van der Waals surface area contributed by atoms with E-state index >= 15 is 0 Å². The Hall–Kier alpha value is -0.940. The van der Waals surface area contributed by atoms with Crippen LogP contribution < -0.4 is 5.32 Å². The van der Waals surface area contributed by atoms with E-state index in [1.807, 2.05) is 17.9 Å². The average Bonchev–Trinajstić information content (AvgIpc) is 2.92. The van der Waals surface area contributed by atoms with Crippen LogP contribution in [0.1, 0.15) is 37.9 Å². The molecule has 0 aromatic carbocycles. The largest absolute Gasteiger partial charge is 0.376 e. The SMILES string of the molecule is CCCn1nncc1C(NC)C1CCCO1. The Bertz CT molecular complexity index is 320. The van der Waals surface area contributed by atoms with Crippen LogP contribution in [0.4, 0.5) is 0 Å². The van der Waals surface area contributed by atoms with Crippen molar-refractivity contribution < 1.29 is 4.74 Å². The van der Waals surface area contributed by atoms with E-state index in [1.165, 1.54) is 0 Å². The van der Waals surface area contributed by atoms with Crippen LogP contribution in [0.15, 0.2) is 6.20 Å². The molecule has 5 nitrogen and oxygen atoms in total. The quantitative estimate of drug-likeness (QED) is 0.814. The van der Waals surface area contributed by atoms with Crippen LogP contribution in [0.3, 0.4) is 0 Å². The van der Waals surface area contributed by atoms with E-state index in [9.17, 15) is 0 Å². The molecule has 0 aliphatic carbocycles. The second-order valence-electron chi connectivity index (χ2n) is 4.20. The molecule has 16 heavy (non-hydrogen) atoms. The molecular weight excluding hydrogens is 204 g/mol. The summed E-state index contributed by atoms with van der Waals surface area (Å²) in [5, 5.41) is 11.4. The second kappa shape index (κ2) is 5.41. The summed E-state index contributed by atoms with van der Waals surface area (Å²) in [5.41, 5.74) is 1.14. The molecule has 5 heteroatoms. The van der Waals surface area contributed by atoms with Gasteiger partial charge in [-0.1, -0.05) is 12.1 Å². The zero-order chi connectivity index (χ0) is 11.4. The first-order chi connectivity index (χ1) is 7.86. The third kappa shape index (κ3) is 2.25. The maximum atomic E-state index is 5.73. The van der Waals surface area contributed by atoms with Crippen molar-refractivity contribution in [3.8, 4) is 0 Å². The highest BCUT2D eigenvalue weighted by atomic mass is 16.5. The minimum absolute atomic E-state index is 0.212. The van der Waals surface area contributed by atoms with Crippen molar-refractivity contribution in [1.29, 1.82) is 0 Å². The Morgan fingerprint density at radius 1 is 1.69 bits per heavy atom. The summed E-state index contributed by atoms with van der Waals surface area (Å²) in [5.74, 6) is 0. The summed E-state index contributed by atoms with van der Waals surface area (Å²) >= 11 is 0. The Labute approximate surface area is 96.2 Å². The normalized spacial score (nSPS) is 22.5. The fourth-order valence-electron chi connectivity index (χ4n) is 2.28. The van der Waals surface area contributed by atoms with Crippen molar-refractivity contribution in [1.82, 2.24) is 20.3 Å². The summed E-state index contributed by atoms with van der Waals surface area (Å²) in [6.07, 6.45) is 5.44. The second-order valence-corrected chi connectivity index (χ2v) is 4.20. The fourth-order valence-corrected chi connectivity index (χ4v) is 2.28. The predicted molar refractivity (Wildman–Crippen MR) is 61.1 cm³/mol. The number of nitrogens with zero attached hydrogens (tertiary/aromatic N) is 3. The molecule has 0 saturated carbocycles. The average molecular weight is 224 g/mol. The zero-order valence-electron chi connectivity index (χ0n) is 10.0. The summed E-state index contributed by atoms with van der Waals surface area (Å²) < 4.78 is 7.71. The Balaban J connectivity index is 2.15.